The molecule has 6 nitrogen and oxygen atoms in total. The second-order valence-corrected chi connectivity index (χ2v) is 11.2. The van der Waals surface area contributed by atoms with E-state index in [1.165, 1.54) is 6.07 Å². The first-order valence-electron chi connectivity index (χ1n) is 13.4. The third kappa shape index (κ3) is 8.84. The minimum Gasteiger partial charge on any atom is -0.462 e. The lowest BCUT2D eigenvalue weighted by Gasteiger charge is -2.28. The van der Waals surface area contributed by atoms with Crippen LogP contribution in [0, 0.1) is 0 Å². The summed E-state index contributed by atoms with van der Waals surface area (Å²) in [4.78, 5) is 15.2. The smallest absolute Gasteiger partial charge is 0.338 e. The fourth-order valence-electron chi connectivity index (χ4n) is 3.77. The molecule has 0 aliphatic carbocycles. The van der Waals surface area contributed by atoms with E-state index in [2.05, 4.69) is 18.7 Å². The van der Waals surface area contributed by atoms with Gasteiger partial charge in [-0.25, -0.2) is 13.2 Å². The third-order valence-corrected chi connectivity index (χ3v) is 7.77. The van der Waals surface area contributed by atoms with Gasteiger partial charge in [0.25, 0.3) is 0 Å². The molecule has 0 aromatic heterocycles. The average molecular weight is 518 g/mol. The summed E-state index contributed by atoms with van der Waals surface area (Å²) in [5, 5.41) is 0. The minimum atomic E-state index is -3.71. The van der Waals surface area contributed by atoms with Gasteiger partial charge in [-0.1, -0.05) is 71.6 Å². The lowest BCUT2D eigenvalue weighted by molar-refractivity contribution is 0.0499. The van der Waals surface area contributed by atoms with Crippen molar-refractivity contribution >= 4 is 21.5 Å². The van der Waals surface area contributed by atoms with Crippen molar-refractivity contribution in [3.05, 3.63) is 48.0 Å². The molecule has 0 bridgehead atoms. The standard InChI is InChI=1S/C29H43NO5S/c1-5-9-18-30(19-10-6-2)26-22-24(29(31)34-20-11-7-3)23-27(36(32,33)21-12-8-4)28(26)35-25-16-14-13-15-17-25/h13-17,22-23H,5-12,18-21H2,1-4H3. The summed E-state index contributed by atoms with van der Waals surface area (Å²) in [7, 11) is -3.71. The number of benzene rings is 2. The number of nitrogens with zero attached hydrogens (tertiary/aromatic N) is 1. The number of para-hydroxylation sites is 1. The molecule has 0 radical (unpaired) electrons. The highest BCUT2D eigenvalue weighted by Crippen LogP contribution is 2.41. The van der Waals surface area contributed by atoms with Gasteiger partial charge >= 0.3 is 5.97 Å². The van der Waals surface area contributed by atoms with Crippen LogP contribution in [0.15, 0.2) is 47.4 Å². The number of hydrogen-bond donors (Lipinski definition) is 0. The number of carbonyl (C=O) groups excluding carboxylic acids is 1. The molecule has 36 heavy (non-hydrogen) atoms. The summed E-state index contributed by atoms with van der Waals surface area (Å²) in [5.74, 6) is 0.324. The van der Waals surface area contributed by atoms with Crippen molar-refractivity contribution in [3.63, 3.8) is 0 Å². The average Bonchev–Trinajstić information content (AvgIpc) is 2.88. The zero-order chi connectivity index (χ0) is 26.4. The monoisotopic (exact) mass is 517 g/mol. The first-order chi connectivity index (χ1) is 17.4. The summed E-state index contributed by atoms with van der Waals surface area (Å²) in [5.41, 5.74) is 0.871. The number of sulfone groups is 1. The molecule has 0 aliphatic heterocycles. The Bertz CT molecular complexity index is 1030. The Morgan fingerprint density at radius 3 is 2.03 bits per heavy atom. The van der Waals surface area contributed by atoms with Crippen LogP contribution in [0.5, 0.6) is 11.5 Å². The quantitative estimate of drug-likeness (QED) is 0.161. The Morgan fingerprint density at radius 2 is 1.44 bits per heavy atom. The Kier molecular flexibility index (Phi) is 12.8. The molecule has 0 N–H and O–H groups in total. The third-order valence-electron chi connectivity index (χ3n) is 5.97. The fourth-order valence-corrected chi connectivity index (χ4v) is 5.39. The molecular weight excluding hydrogens is 474 g/mol. The van der Waals surface area contributed by atoms with Gasteiger partial charge in [-0.05, 0) is 49.9 Å². The van der Waals surface area contributed by atoms with Crippen LogP contribution in [0.3, 0.4) is 0 Å². The molecule has 200 valence electrons. The Morgan fingerprint density at radius 1 is 0.833 bits per heavy atom. The van der Waals surface area contributed by atoms with E-state index in [1.54, 1.807) is 6.07 Å². The van der Waals surface area contributed by atoms with E-state index in [-0.39, 0.29) is 22.0 Å². The van der Waals surface area contributed by atoms with E-state index in [1.807, 2.05) is 44.2 Å². The van der Waals surface area contributed by atoms with Crippen LogP contribution < -0.4 is 9.64 Å². The molecule has 2 rings (SSSR count). The lowest BCUT2D eigenvalue weighted by atomic mass is 10.1. The van der Waals surface area contributed by atoms with E-state index in [0.717, 1.165) is 58.0 Å². The van der Waals surface area contributed by atoms with Gasteiger partial charge < -0.3 is 14.4 Å². The molecule has 2 aromatic carbocycles. The summed E-state index contributed by atoms with van der Waals surface area (Å²) in [6, 6.07) is 12.4. The topological polar surface area (TPSA) is 72.9 Å². The number of rotatable bonds is 17. The van der Waals surface area contributed by atoms with Crippen LogP contribution in [0.1, 0.15) is 89.4 Å². The van der Waals surface area contributed by atoms with Crippen molar-refractivity contribution in [2.75, 3.05) is 30.3 Å². The van der Waals surface area contributed by atoms with Gasteiger partial charge in [0.15, 0.2) is 15.6 Å². The second-order valence-electron chi connectivity index (χ2n) is 9.09. The maximum absolute atomic E-state index is 13.6. The SMILES string of the molecule is CCCCOC(=O)c1cc(N(CCCC)CCCC)c(Oc2ccccc2)c(S(=O)(=O)CCCC)c1. The maximum Gasteiger partial charge on any atom is 0.338 e. The Labute approximate surface area is 217 Å². The highest BCUT2D eigenvalue weighted by Gasteiger charge is 2.28. The molecular formula is C29H43NO5S. The van der Waals surface area contributed by atoms with E-state index in [4.69, 9.17) is 9.47 Å². The van der Waals surface area contributed by atoms with Crippen LogP contribution in [0.4, 0.5) is 5.69 Å². The van der Waals surface area contributed by atoms with Crippen LogP contribution >= 0.6 is 0 Å². The molecule has 0 atom stereocenters. The molecule has 0 saturated carbocycles. The predicted molar refractivity (Wildman–Crippen MR) is 147 cm³/mol. The van der Waals surface area contributed by atoms with Gasteiger partial charge in [-0.2, -0.15) is 0 Å². The van der Waals surface area contributed by atoms with Crippen LogP contribution in [0.2, 0.25) is 0 Å². The number of ether oxygens (including phenoxy) is 2. The Balaban J connectivity index is 2.74. The molecule has 0 saturated heterocycles. The van der Waals surface area contributed by atoms with Gasteiger partial charge in [-0.3, -0.25) is 0 Å². The fraction of sp³-hybridized carbons (Fsp3) is 0.552. The zero-order valence-corrected chi connectivity index (χ0v) is 23.2. The maximum atomic E-state index is 13.6. The molecule has 0 amide bonds. The summed E-state index contributed by atoms with van der Waals surface area (Å²) in [6.45, 7) is 10.0. The Hall–Kier alpha value is -2.54. The van der Waals surface area contributed by atoms with E-state index in [9.17, 15) is 13.2 Å². The van der Waals surface area contributed by atoms with Gasteiger partial charge in [0.2, 0.25) is 0 Å². The van der Waals surface area contributed by atoms with Crippen molar-refractivity contribution in [3.8, 4) is 11.5 Å². The molecule has 0 heterocycles. The summed E-state index contributed by atoms with van der Waals surface area (Å²) >= 11 is 0. The molecule has 2 aromatic rings. The van der Waals surface area contributed by atoms with Crippen molar-refractivity contribution < 1.29 is 22.7 Å². The van der Waals surface area contributed by atoms with Gasteiger partial charge in [0, 0.05) is 13.1 Å². The molecule has 0 unspecified atom stereocenters. The largest absolute Gasteiger partial charge is 0.462 e. The second kappa shape index (κ2) is 15.5. The van der Waals surface area contributed by atoms with Crippen molar-refractivity contribution in [1.29, 1.82) is 0 Å². The highest BCUT2D eigenvalue weighted by molar-refractivity contribution is 7.91. The number of hydrogen-bond acceptors (Lipinski definition) is 6. The number of esters is 1. The molecule has 0 aliphatic rings. The number of unbranched alkanes of at least 4 members (excludes halogenated alkanes) is 4. The summed E-state index contributed by atoms with van der Waals surface area (Å²) in [6.07, 6.45) is 6.82. The lowest BCUT2D eigenvalue weighted by Crippen LogP contribution is -2.27. The molecule has 7 heteroatoms. The molecule has 0 spiro atoms. The van der Waals surface area contributed by atoms with Gasteiger partial charge in [0.05, 0.1) is 23.6 Å². The van der Waals surface area contributed by atoms with Gasteiger partial charge in [-0.15, -0.1) is 0 Å². The van der Waals surface area contributed by atoms with E-state index in [0.29, 0.717) is 24.5 Å². The highest BCUT2D eigenvalue weighted by atomic mass is 32.2. The van der Waals surface area contributed by atoms with Crippen molar-refractivity contribution in [2.45, 2.75) is 84.0 Å². The van der Waals surface area contributed by atoms with Gasteiger partial charge in [0.1, 0.15) is 10.6 Å². The normalized spacial score (nSPS) is 11.3. The minimum absolute atomic E-state index is 0.00759. The van der Waals surface area contributed by atoms with Crippen molar-refractivity contribution in [1.82, 2.24) is 0 Å². The number of anilines is 1. The first-order valence-corrected chi connectivity index (χ1v) is 15.1. The van der Waals surface area contributed by atoms with Crippen LogP contribution in [0.25, 0.3) is 0 Å². The number of carbonyl (C=O) groups is 1. The van der Waals surface area contributed by atoms with Crippen LogP contribution in [-0.4, -0.2) is 39.8 Å². The van der Waals surface area contributed by atoms with Crippen LogP contribution in [-0.2, 0) is 14.6 Å². The van der Waals surface area contributed by atoms with Crippen molar-refractivity contribution in [2.24, 2.45) is 0 Å². The van der Waals surface area contributed by atoms with E-state index >= 15 is 0 Å². The molecule has 0 fully saturated rings. The zero-order valence-electron chi connectivity index (χ0n) is 22.4. The predicted octanol–water partition coefficient (Wildman–Crippen LogP) is 7.42. The summed E-state index contributed by atoms with van der Waals surface area (Å²) < 4.78 is 39.0. The first kappa shape index (κ1) is 29.7. The van der Waals surface area contributed by atoms with E-state index < -0.39 is 15.8 Å².